The molecule has 1 aromatic carbocycles. The highest BCUT2D eigenvalue weighted by atomic mass is 16.5. The van der Waals surface area contributed by atoms with Gasteiger partial charge in [-0.15, -0.1) is 10.2 Å². The van der Waals surface area contributed by atoms with Gasteiger partial charge in [-0.2, -0.15) is 0 Å². The van der Waals surface area contributed by atoms with Gasteiger partial charge in [-0.1, -0.05) is 19.4 Å². The number of amides is 1. The lowest BCUT2D eigenvalue weighted by atomic mass is 10.1. The Hall–Kier alpha value is -3.68. The number of unbranched alkanes of at least 4 members (excludes halogenated alkanes) is 1. The summed E-state index contributed by atoms with van der Waals surface area (Å²) < 4.78 is 5.68. The third-order valence-corrected chi connectivity index (χ3v) is 5.58. The van der Waals surface area contributed by atoms with E-state index in [-0.39, 0.29) is 5.91 Å². The quantitative estimate of drug-likeness (QED) is 0.522. The number of hydrogen-bond donors (Lipinski definition) is 1. The van der Waals surface area contributed by atoms with Crippen molar-refractivity contribution in [3.8, 4) is 5.75 Å². The Labute approximate surface area is 194 Å². The number of aromatic nitrogens is 3. The molecule has 1 saturated heterocycles. The van der Waals surface area contributed by atoms with Gasteiger partial charge in [0.25, 0.3) is 5.91 Å². The van der Waals surface area contributed by atoms with Crippen LogP contribution in [-0.2, 0) is 0 Å². The highest BCUT2D eigenvalue weighted by molar-refractivity contribution is 5.94. The second kappa shape index (κ2) is 10.8. The number of hydrogen-bond acceptors (Lipinski definition) is 7. The summed E-state index contributed by atoms with van der Waals surface area (Å²) in [5.74, 6) is 3.03. The van der Waals surface area contributed by atoms with Crippen molar-refractivity contribution in [3.63, 3.8) is 0 Å². The van der Waals surface area contributed by atoms with Gasteiger partial charge in [-0.25, -0.2) is 4.98 Å². The van der Waals surface area contributed by atoms with Crippen LogP contribution in [0.2, 0.25) is 0 Å². The van der Waals surface area contributed by atoms with Crippen molar-refractivity contribution in [1.29, 1.82) is 0 Å². The Balaban J connectivity index is 1.28. The maximum atomic E-state index is 12.9. The van der Waals surface area contributed by atoms with Crippen molar-refractivity contribution in [2.45, 2.75) is 26.7 Å². The maximum absolute atomic E-state index is 12.9. The number of pyridine rings is 1. The fraction of sp³-hybridized carbons (Fsp3) is 0.360. The lowest BCUT2D eigenvalue weighted by Gasteiger charge is -2.35. The van der Waals surface area contributed by atoms with Crippen LogP contribution >= 0.6 is 0 Å². The van der Waals surface area contributed by atoms with Crippen molar-refractivity contribution in [2.24, 2.45) is 0 Å². The minimum Gasteiger partial charge on any atom is -0.494 e. The van der Waals surface area contributed by atoms with Crippen molar-refractivity contribution in [3.05, 3.63) is 65.9 Å². The molecular weight excluding hydrogens is 416 g/mol. The minimum absolute atomic E-state index is 0.0472. The second-order valence-electron chi connectivity index (χ2n) is 8.13. The van der Waals surface area contributed by atoms with Crippen LogP contribution < -0.4 is 15.0 Å². The van der Waals surface area contributed by atoms with Gasteiger partial charge in [0, 0.05) is 37.9 Å². The predicted molar refractivity (Wildman–Crippen MR) is 129 cm³/mol. The molecule has 33 heavy (non-hydrogen) atoms. The molecule has 8 nitrogen and oxygen atoms in total. The average Bonchev–Trinajstić information content (AvgIpc) is 2.86. The smallest absolute Gasteiger partial charge is 0.253 e. The number of nitrogens with zero attached hydrogens (tertiary/aromatic N) is 5. The molecule has 3 heterocycles. The van der Waals surface area contributed by atoms with E-state index in [4.69, 9.17) is 4.74 Å². The van der Waals surface area contributed by atoms with E-state index in [1.54, 1.807) is 6.20 Å². The number of benzene rings is 1. The van der Waals surface area contributed by atoms with Crippen molar-refractivity contribution in [1.82, 2.24) is 20.1 Å². The Morgan fingerprint density at radius 2 is 1.73 bits per heavy atom. The van der Waals surface area contributed by atoms with Crippen LogP contribution in [0.5, 0.6) is 5.75 Å². The highest BCUT2D eigenvalue weighted by Gasteiger charge is 2.23. The van der Waals surface area contributed by atoms with E-state index in [0.717, 1.165) is 35.8 Å². The molecule has 1 aliphatic heterocycles. The lowest BCUT2D eigenvalue weighted by Crippen LogP contribution is -2.49. The van der Waals surface area contributed by atoms with E-state index in [9.17, 15) is 4.79 Å². The molecule has 1 N–H and O–H groups in total. The number of anilines is 3. The van der Waals surface area contributed by atoms with E-state index in [2.05, 4.69) is 32.3 Å². The average molecular weight is 447 g/mol. The molecule has 0 unspecified atom stereocenters. The fourth-order valence-electron chi connectivity index (χ4n) is 3.58. The number of piperazine rings is 1. The van der Waals surface area contributed by atoms with Crippen molar-refractivity contribution >= 4 is 23.4 Å². The lowest BCUT2D eigenvalue weighted by molar-refractivity contribution is 0.0746. The van der Waals surface area contributed by atoms with Crippen LogP contribution in [0.3, 0.4) is 0 Å². The van der Waals surface area contributed by atoms with Gasteiger partial charge in [-0.3, -0.25) is 4.79 Å². The van der Waals surface area contributed by atoms with E-state index in [1.807, 2.05) is 60.4 Å². The molecule has 0 bridgehead atoms. The summed E-state index contributed by atoms with van der Waals surface area (Å²) in [5.41, 5.74) is 1.79. The van der Waals surface area contributed by atoms with Gasteiger partial charge in [-0.05, 0) is 61.4 Å². The standard InChI is InChI=1S/C25H30N6O2/c1-3-4-17-33-21-8-6-20(7-9-21)25(32)31-15-13-30(14-16-31)24-12-11-23(28-29-24)27-22-10-5-19(2)18-26-22/h5-12,18H,3-4,13-17H2,1-2H3,(H,26,27,28). The number of carbonyl (C=O) groups excluding carboxylic acids is 1. The number of nitrogens with one attached hydrogen (secondary N) is 1. The zero-order valence-electron chi connectivity index (χ0n) is 19.2. The summed E-state index contributed by atoms with van der Waals surface area (Å²) in [6, 6.07) is 15.2. The van der Waals surface area contributed by atoms with Gasteiger partial charge < -0.3 is 19.9 Å². The summed E-state index contributed by atoms with van der Waals surface area (Å²) in [7, 11) is 0. The molecule has 1 fully saturated rings. The Morgan fingerprint density at radius 3 is 2.36 bits per heavy atom. The SMILES string of the molecule is CCCCOc1ccc(C(=O)N2CCN(c3ccc(Nc4ccc(C)cn4)nn3)CC2)cc1. The summed E-state index contributed by atoms with van der Waals surface area (Å²) in [4.78, 5) is 21.2. The van der Waals surface area contributed by atoms with Crippen LogP contribution in [0.15, 0.2) is 54.7 Å². The molecule has 2 aromatic heterocycles. The van der Waals surface area contributed by atoms with E-state index in [0.29, 0.717) is 44.2 Å². The molecule has 0 aliphatic carbocycles. The van der Waals surface area contributed by atoms with Crippen molar-refractivity contribution in [2.75, 3.05) is 43.0 Å². The van der Waals surface area contributed by atoms with Crippen LogP contribution in [0.1, 0.15) is 35.7 Å². The zero-order valence-corrected chi connectivity index (χ0v) is 19.2. The Morgan fingerprint density at radius 1 is 0.970 bits per heavy atom. The molecule has 8 heteroatoms. The van der Waals surface area contributed by atoms with Crippen LogP contribution in [0.4, 0.5) is 17.5 Å². The predicted octanol–water partition coefficient (Wildman–Crippen LogP) is 4.06. The summed E-state index contributed by atoms with van der Waals surface area (Å²) >= 11 is 0. The van der Waals surface area contributed by atoms with Gasteiger partial charge in [0.05, 0.1) is 6.61 Å². The second-order valence-corrected chi connectivity index (χ2v) is 8.13. The third kappa shape index (κ3) is 5.97. The molecule has 1 aliphatic rings. The first-order valence-electron chi connectivity index (χ1n) is 11.4. The first kappa shape index (κ1) is 22.5. The van der Waals surface area contributed by atoms with E-state index in [1.165, 1.54) is 0 Å². The normalized spacial score (nSPS) is 13.6. The molecule has 0 atom stereocenters. The van der Waals surface area contributed by atoms with Gasteiger partial charge in [0.15, 0.2) is 11.6 Å². The highest BCUT2D eigenvalue weighted by Crippen LogP contribution is 2.19. The topological polar surface area (TPSA) is 83.5 Å². The Bertz CT molecular complexity index is 1030. The van der Waals surface area contributed by atoms with Gasteiger partial charge >= 0.3 is 0 Å². The number of ether oxygens (including phenoxy) is 1. The monoisotopic (exact) mass is 446 g/mol. The molecule has 0 radical (unpaired) electrons. The molecule has 3 aromatic rings. The van der Waals surface area contributed by atoms with Crippen LogP contribution in [0, 0.1) is 6.92 Å². The van der Waals surface area contributed by atoms with E-state index >= 15 is 0 Å². The number of aryl methyl sites for hydroxylation is 1. The molecule has 4 rings (SSSR count). The Kier molecular flexibility index (Phi) is 7.34. The largest absolute Gasteiger partial charge is 0.494 e. The maximum Gasteiger partial charge on any atom is 0.253 e. The van der Waals surface area contributed by atoms with Crippen LogP contribution in [-0.4, -0.2) is 58.8 Å². The molecule has 1 amide bonds. The minimum atomic E-state index is 0.0472. The first-order valence-corrected chi connectivity index (χ1v) is 11.4. The summed E-state index contributed by atoms with van der Waals surface area (Å²) in [6.45, 7) is 7.54. The van der Waals surface area contributed by atoms with Crippen molar-refractivity contribution < 1.29 is 9.53 Å². The number of rotatable bonds is 8. The number of carbonyl (C=O) groups is 1. The molecule has 0 saturated carbocycles. The van der Waals surface area contributed by atoms with E-state index < -0.39 is 0 Å². The summed E-state index contributed by atoms with van der Waals surface area (Å²) in [6.07, 6.45) is 3.93. The third-order valence-electron chi connectivity index (χ3n) is 5.58. The zero-order chi connectivity index (χ0) is 23.0. The summed E-state index contributed by atoms with van der Waals surface area (Å²) in [5, 5.41) is 11.8. The van der Waals surface area contributed by atoms with Gasteiger partial charge in [0.1, 0.15) is 11.6 Å². The van der Waals surface area contributed by atoms with Gasteiger partial charge in [0.2, 0.25) is 0 Å². The van der Waals surface area contributed by atoms with Crippen LogP contribution in [0.25, 0.3) is 0 Å². The first-order chi connectivity index (χ1) is 16.1. The molecule has 172 valence electrons. The molecular formula is C25H30N6O2. The fourth-order valence-corrected chi connectivity index (χ4v) is 3.58. The molecule has 0 spiro atoms.